The molecule has 1 aliphatic heterocycles. The Morgan fingerprint density at radius 3 is 2.92 bits per heavy atom. The predicted octanol–water partition coefficient (Wildman–Crippen LogP) is 1.67. The van der Waals surface area contributed by atoms with Crippen molar-refractivity contribution in [2.75, 3.05) is 36.6 Å². The molecule has 0 atom stereocenters. The summed E-state index contributed by atoms with van der Waals surface area (Å²) in [5, 5.41) is 14.8. The molecule has 1 saturated heterocycles. The van der Waals surface area contributed by atoms with Gasteiger partial charge in [0.05, 0.1) is 24.4 Å². The molecule has 1 aromatic heterocycles. The molecule has 9 heteroatoms. The minimum absolute atomic E-state index is 0.0237. The summed E-state index contributed by atoms with van der Waals surface area (Å²) in [4.78, 5) is 20.8. The third-order valence-electron chi connectivity index (χ3n) is 3.46. The average Bonchev–Trinajstić information content (AvgIpc) is 2.63. The maximum atomic E-state index is 10.8. The van der Waals surface area contributed by atoms with Crippen LogP contribution in [-0.4, -0.2) is 47.4 Å². The predicted molar refractivity (Wildman–Crippen MR) is 89.4 cm³/mol. The third kappa shape index (κ3) is 4.02. The third-order valence-corrected chi connectivity index (χ3v) is 3.46. The number of nitro benzene ring substituents is 1. The molecule has 0 saturated carbocycles. The van der Waals surface area contributed by atoms with E-state index in [2.05, 4.69) is 25.4 Å². The van der Waals surface area contributed by atoms with Crippen LogP contribution in [-0.2, 0) is 4.74 Å². The van der Waals surface area contributed by atoms with Crippen molar-refractivity contribution in [1.29, 1.82) is 0 Å². The summed E-state index contributed by atoms with van der Waals surface area (Å²) in [7, 11) is 0. The number of benzene rings is 1. The van der Waals surface area contributed by atoms with Crippen molar-refractivity contribution >= 4 is 23.5 Å². The molecule has 1 fully saturated rings. The van der Waals surface area contributed by atoms with Crippen LogP contribution in [0.3, 0.4) is 0 Å². The van der Waals surface area contributed by atoms with Crippen LogP contribution in [0.15, 0.2) is 41.8 Å². The van der Waals surface area contributed by atoms with E-state index >= 15 is 0 Å². The van der Waals surface area contributed by atoms with Crippen molar-refractivity contribution in [1.82, 2.24) is 9.97 Å². The maximum absolute atomic E-state index is 10.8. The summed E-state index contributed by atoms with van der Waals surface area (Å²) < 4.78 is 5.32. The van der Waals surface area contributed by atoms with Gasteiger partial charge in [-0.1, -0.05) is 12.1 Å². The lowest BCUT2D eigenvalue weighted by Crippen LogP contribution is -2.36. The van der Waals surface area contributed by atoms with Crippen LogP contribution in [0, 0.1) is 10.1 Å². The van der Waals surface area contributed by atoms with Crippen molar-refractivity contribution < 1.29 is 9.66 Å². The van der Waals surface area contributed by atoms with Gasteiger partial charge in [0, 0.05) is 36.9 Å². The minimum Gasteiger partial charge on any atom is -0.378 e. The van der Waals surface area contributed by atoms with Gasteiger partial charge in [-0.05, 0) is 0 Å². The van der Waals surface area contributed by atoms with Crippen LogP contribution in [0.5, 0.6) is 0 Å². The molecule has 2 heterocycles. The zero-order valence-electron chi connectivity index (χ0n) is 12.8. The summed E-state index contributed by atoms with van der Waals surface area (Å²) in [5.74, 6) is 1.36. The van der Waals surface area contributed by atoms with E-state index in [9.17, 15) is 10.1 Å². The monoisotopic (exact) mass is 328 g/mol. The molecule has 2 aromatic rings. The Morgan fingerprint density at radius 1 is 1.29 bits per heavy atom. The fourth-order valence-corrected chi connectivity index (χ4v) is 2.27. The standard InChI is InChI=1S/C15H16N6O3/c22-21(23)13-3-1-2-12(8-13)10-18-19-14-9-15(17-11-16-14)20-4-6-24-7-5-20/h1-3,8-11H,4-7H2,(H,16,17,19)/b18-10-. The molecule has 0 radical (unpaired) electrons. The molecule has 9 nitrogen and oxygen atoms in total. The number of nitrogens with one attached hydrogen (secondary N) is 1. The SMILES string of the molecule is O=[N+]([O-])c1cccc(/C=N\Nc2cc(N3CCOCC3)ncn2)c1. The molecule has 0 amide bonds. The second-order valence-electron chi connectivity index (χ2n) is 5.08. The van der Waals surface area contributed by atoms with E-state index in [4.69, 9.17) is 4.74 Å². The first-order valence-electron chi connectivity index (χ1n) is 7.40. The molecule has 1 aromatic carbocycles. The summed E-state index contributed by atoms with van der Waals surface area (Å²) in [6.45, 7) is 2.93. The normalized spacial score (nSPS) is 14.8. The van der Waals surface area contributed by atoms with Crippen molar-refractivity contribution in [3.63, 3.8) is 0 Å². The molecular weight excluding hydrogens is 312 g/mol. The van der Waals surface area contributed by atoms with Gasteiger partial charge in [0.1, 0.15) is 12.1 Å². The Hall–Kier alpha value is -3.07. The van der Waals surface area contributed by atoms with Gasteiger partial charge in [-0.2, -0.15) is 5.10 Å². The number of ether oxygens (including phenoxy) is 1. The molecule has 0 spiro atoms. The van der Waals surface area contributed by atoms with Crippen molar-refractivity contribution in [3.8, 4) is 0 Å². The van der Waals surface area contributed by atoms with Gasteiger partial charge < -0.3 is 9.64 Å². The maximum Gasteiger partial charge on any atom is 0.270 e. The molecule has 1 N–H and O–H groups in total. The highest BCUT2D eigenvalue weighted by Crippen LogP contribution is 2.15. The van der Waals surface area contributed by atoms with Gasteiger partial charge in [-0.15, -0.1) is 0 Å². The quantitative estimate of drug-likeness (QED) is 0.505. The first-order chi connectivity index (χ1) is 11.7. The Balaban J connectivity index is 1.66. The number of hydrogen-bond donors (Lipinski definition) is 1. The van der Waals surface area contributed by atoms with E-state index < -0.39 is 4.92 Å². The topological polar surface area (TPSA) is 106 Å². The van der Waals surface area contributed by atoms with Gasteiger partial charge >= 0.3 is 0 Å². The number of aromatic nitrogens is 2. The van der Waals surface area contributed by atoms with E-state index in [0.717, 1.165) is 18.9 Å². The van der Waals surface area contributed by atoms with Gasteiger partial charge in [-0.25, -0.2) is 9.97 Å². The van der Waals surface area contributed by atoms with Crippen molar-refractivity contribution in [2.24, 2.45) is 5.10 Å². The van der Waals surface area contributed by atoms with Crippen LogP contribution < -0.4 is 10.3 Å². The van der Waals surface area contributed by atoms with Crippen LogP contribution in [0.2, 0.25) is 0 Å². The highest BCUT2D eigenvalue weighted by molar-refractivity contribution is 5.81. The zero-order valence-corrected chi connectivity index (χ0v) is 12.8. The van der Waals surface area contributed by atoms with Gasteiger partial charge in [0.2, 0.25) is 0 Å². The van der Waals surface area contributed by atoms with E-state index in [-0.39, 0.29) is 5.69 Å². The Labute approximate surface area is 138 Å². The van der Waals surface area contributed by atoms with Crippen LogP contribution >= 0.6 is 0 Å². The summed E-state index contributed by atoms with van der Waals surface area (Å²) >= 11 is 0. The fraction of sp³-hybridized carbons (Fsp3) is 0.267. The minimum atomic E-state index is -0.441. The van der Waals surface area contributed by atoms with Gasteiger partial charge in [-0.3, -0.25) is 15.5 Å². The number of nitro groups is 1. The van der Waals surface area contributed by atoms with Gasteiger partial charge in [0.25, 0.3) is 5.69 Å². The summed E-state index contributed by atoms with van der Waals surface area (Å²) in [6.07, 6.45) is 2.97. The fourth-order valence-electron chi connectivity index (χ4n) is 2.27. The molecular formula is C15H16N6O3. The largest absolute Gasteiger partial charge is 0.378 e. The second-order valence-corrected chi connectivity index (χ2v) is 5.08. The molecule has 1 aliphatic rings. The highest BCUT2D eigenvalue weighted by atomic mass is 16.6. The van der Waals surface area contributed by atoms with Crippen molar-refractivity contribution in [3.05, 3.63) is 52.3 Å². The molecule has 24 heavy (non-hydrogen) atoms. The number of morpholine rings is 1. The van der Waals surface area contributed by atoms with Crippen LogP contribution in [0.25, 0.3) is 0 Å². The molecule has 0 bridgehead atoms. The first-order valence-corrected chi connectivity index (χ1v) is 7.40. The first kappa shape index (κ1) is 15.8. The number of hydrazone groups is 1. The lowest BCUT2D eigenvalue weighted by atomic mass is 10.2. The molecule has 0 unspecified atom stereocenters. The number of nitrogens with zero attached hydrogens (tertiary/aromatic N) is 5. The van der Waals surface area contributed by atoms with E-state index in [0.29, 0.717) is 24.6 Å². The Bertz CT molecular complexity index is 745. The van der Waals surface area contributed by atoms with Crippen LogP contribution in [0.4, 0.5) is 17.3 Å². The number of non-ortho nitro benzene ring substituents is 1. The smallest absolute Gasteiger partial charge is 0.270 e. The number of hydrogen-bond acceptors (Lipinski definition) is 8. The lowest BCUT2D eigenvalue weighted by Gasteiger charge is -2.27. The highest BCUT2D eigenvalue weighted by Gasteiger charge is 2.12. The average molecular weight is 328 g/mol. The Morgan fingerprint density at radius 2 is 2.12 bits per heavy atom. The molecule has 0 aliphatic carbocycles. The number of rotatable bonds is 5. The van der Waals surface area contributed by atoms with E-state index in [1.165, 1.54) is 24.7 Å². The summed E-state index contributed by atoms with van der Waals surface area (Å²) in [6, 6.07) is 8.03. The summed E-state index contributed by atoms with van der Waals surface area (Å²) in [5.41, 5.74) is 3.46. The zero-order chi connectivity index (χ0) is 16.8. The second kappa shape index (κ2) is 7.47. The van der Waals surface area contributed by atoms with Crippen molar-refractivity contribution in [2.45, 2.75) is 0 Å². The van der Waals surface area contributed by atoms with Crippen LogP contribution in [0.1, 0.15) is 5.56 Å². The molecule has 3 rings (SSSR count). The lowest BCUT2D eigenvalue weighted by molar-refractivity contribution is -0.384. The number of anilines is 2. The molecule has 124 valence electrons. The van der Waals surface area contributed by atoms with Gasteiger partial charge in [0.15, 0.2) is 5.82 Å². The van der Waals surface area contributed by atoms with E-state index in [1.54, 1.807) is 18.2 Å². The van der Waals surface area contributed by atoms with E-state index in [1.807, 2.05) is 0 Å². The Kier molecular flexibility index (Phi) is 4.92.